The molecule has 0 spiro atoms. The molecule has 134 valence electrons. The second-order valence-electron chi connectivity index (χ2n) is 8.01. The molecule has 3 nitrogen and oxygen atoms in total. The molecule has 1 aliphatic carbocycles. The summed E-state index contributed by atoms with van der Waals surface area (Å²) in [5, 5.41) is 9.09. The Morgan fingerprint density at radius 1 is 0.923 bits per heavy atom. The highest BCUT2D eigenvalue weighted by molar-refractivity contribution is 5.81. The molecule has 0 amide bonds. The highest BCUT2D eigenvalue weighted by Crippen LogP contribution is 2.44. The van der Waals surface area contributed by atoms with Gasteiger partial charge in [-0.2, -0.15) is 5.10 Å². The van der Waals surface area contributed by atoms with E-state index >= 15 is 0 Å². The average molecular weight is 345 g/mol. The minimum absolute atomic E-state index is 0.713. The number of para-hydroxylation sites is 1. The van der Waals surface area contributed by atoms with E-state index in [4.69, 9.17) is 0 Å². The van der Waals surface area contributed by atoms with E-state index in [1.807, 2.05) is 0 Å². The van der Waals surface area contributed by atoms with E-state index in [-0.39, 0.29) is 0 Å². The summed E-state index contributed by atoms with van der Waals surface area (Å²) in [5.41, 5.74) is 3.92. The van der Waals surface area contributed by atoms with Crippen LogP contribution in [0.15, 0.2) is 54.6 Å². The molecule has 3 aromatic rings. The zero-order valence-electron chi connectivity index (χ0n) is 15.3. The van der Waals surface area contributed by atoms with Crippen molar-refractivity contribution in [3.8, 4) is 0 Å². The highest BCUT2D eigenvalue weighted by Gasteiger charge is 2.39. The summed E-state index contributed by atoms with van der Waals surface area (Å²) in [6.07, 6.45) is 6.77. The fourth-order valence-electron chi connectivity index (χ4n) is 5.40. The van der Waals surface area contributed by atoms with E-state index < -0.39 is 0 Å². The van der Waals surface area contributed by atoms with Crippen LogP contribution in [0.1, 0.15) is 49.3 Å². The van der Waals surface area contributed by atoms with E-state index in [1.54, 1.807) is 5.56 Å². The number of aromatic nitrogens is 2. The molecule has 0 bridgehead atoms. The number of benzene rings is 2. The van der Waals surface area contributed by atoms with E-state index in [0.717, 1.165) is 23.9 Å². The van der Waals surface area contributed by atoms with Gasteiger partial charge in [0.15, 0.2) is 0 Å². The van der Waals surface area contributed by atoms with E-state index in [1.165, 1.54) is 49.7 Å². The van der Waals surface area contributed by atoms with Gasteiger partial charge in [-0.15, -0.1) is 0 Å². The molecule has 26 heavy (non-hydrogen) atoms. The summed E-state index contributed by atoms with van der Waals surface area (Å²) < 4.78 is 0. The Balaban J connectivity index is 1.41. The van der Waals surface area contributed by atoms with E-state index in [2.05, 4.69) is 69.7 Å². The predicted octanol–water partition coefficient (Wildman–Crippen LogP) is 5.11. The Kier molecular flexibility index (Phi) is 4.25. The predicted molar refractivity (Wildman–Crippen MR) is 106 cm³/mol. The van der Waals surface area contributed by atoms with Crippen molar-refractivity contribution in [2.45, 2.75) is 50.6 Å². The maximum absolute atomic E-state index is 4.50. The summed E-state index contributed by atoms with van der Waals surface area (Å²) in [6.45, 7) is 2.19. The number of nitrogens with zero attached hydrogens (tertiary/aromatic N) is 2. The third kappa shape index (κ3) is 2.84. The molecule has 2 fully saturated rings. The topological polar surface area (TPSA) is 31.9 Å². The summed E-state index contributed by atoms with van der Waals surface area (Å²) in [5.74, 6) is 1.53. The van der Waals surface area contributed by atoms with Crippen LogP contribution in [0.25, 0.3) is 10.9 Å². The number of piperidine rings is 1. The number of rotatable bonds is 3. The summed E-state index contributed by atoms with van der Waals surface area (Å²) in [6, 6.07) is 20.4. The number of H-pyrrole nitrogens is 1. The molecular weight excluding hydrogens is 318 g/mol. The molecule has 2 aromatic carbocycles. The Bertz CT molecular complexity index is 869. The van der Waals surface area contributed by atoms with Gasteiger partial charge in [0.1, 0.15) is 0 Å². The largest absolute Gasteiger partial charge is 0.294 e. The quantitative estimate of drug-likeness (QED) is 0.715. The highest BCUT2D eigenvalue weighted by atomic mass is 15.2. The van der Waals surface area contributed by atoms with Crippen molar-refractivity contribution < 1.29 is 0 Å². The molecule has 1 aromatic heterocycles. The molecule has 0 unspecified atom stereocenters. The second kappa shape index (κ2) is 6.88. The van der Waals surface area contributed by atoms with Gasteiger partial charge in [-0.05, 0) is 49.3 Å². The first-order valence-corrected chi connectivity index (χ1v) is 10.1. The van der Waals surface area contributed by atoms with Crippen molar-refractivity contribution in [2.24, 2.45) is 5.92 Å². The fraction of sp³-hybridized carbons (Fsp3) is 0.435. The minimum atomic E-state index is 0.713. The number of aromatic amines is 1. The Labute approximate surface area is 155 Å². The smallest absolute Gasteiger partial charge is 0.0924 e. The molecule has 5 rings (SSSR count). The van der Waals surface area contributed by atoms with Gasteiger partial charge in [-0.25, -0.2) is 0 Å². The molecular formula is C23H27N3. The van der Waals surface area contributed by atoms with Crippen molar-refractivity contribution >= 4 is 10.9 Å². The Morgan fingerprint density at radius 2 is 1.73 bits per heavy atom. The van der Waals surface area contributed by atoms with Gasteiger partial charge in [-0.3, -0.25) is 10.00 Å². The van der Waals surface area contributed by atoms with Crippen molar-refractivity contribution in [3.63, 3.8) is 0 Å². The number of hydrogen-bond donors (Lipinski definition) is 1. The molecule has 1 saturated carbocycles. The molecule has 0 radical (unpaired) electrons. The summed E-state index contributed by atoms with van der Waals surface area (Å²) >= 11 is 0. The number of fused-ring (bicyclic) bond motifs is 2. The van der Waals surface area contributed by atoms with Crippen LogP contribution in [-0.2, 0) is 6.54 Å². The van der Waals surface area contributed by atoms with Crippen LogP contribution in [0.5, 0.6) is 0 Å². The van der Waals surface area contributed by atoms with Crippen molar-refractivity contribution in [1.82, 2.24) is 15.1 Å². The fourth-order valence-corrected chi connectivity index (χ4v) is 5.40. The second-order valence-corrected chi connectivity index (χ2v) is 8.01. The lowest BCUT2D eigenvalue weighted by atomic mass is 9.69. The normalized spacial score (nSPS) is 26.7. The zero-order valence-corrected chi connectivity index (χ0v) is 15.3. The van der Waals surface area contributed by atoms with Gasteiger partial charge >= 0.3 is 0 Å². The van der Waals surface area contributed by atoms with Crippen LogP contribution in [-0.4, -0.2) is 27.7 Å². The van der Waals surface area contributed by atoms with Crippen LogP contribution < -0.4 is 0 Å². The van der Waals surface area contributed by atoms with Gasteiger partial charge < -0.3 is 0 Å². The monoisotopic (exact) mass is 345 g/mol. The Morgan fingerprint density at radius 3 is 2.65 bits per heavy atom. The number of nitrogens with one attached hydrogen (secondary N) is 1. The number of likely N-dealkylation sites (tertiary alicyclic amines) is 1. The maximum atomic E-state index is 4.50. The van der Waals surface area contributed by atoms with E-state index in [0.29, 0.717) is 6.04 Å². The van der Waals surface area contributed by atoms with Crippen LogP contribution >= 0.6 is 0 Å². The number of hydrogen-bond acceptors (Lipinski definition) is 2. The lowest BCUT2D eigenvalue weighted by molar-refractivity contribution is 0.0383. The summed E-state index contributed by atoms with van der Waals surface area (Å²) in [7, 11) is 0. The van der Waals surface area contributed by atoms with Crippen molar-refractivity contribution in [1.29, 1.82) is 0 Å². The molecule has 3 heteroatoms. The first kappa shape index (κ1) is 16.1. The van der Waals surface area contributed by atoms with Gasteiger partial charge in [0.05, 0.1) is 11.2 Å². The van der Waals surface area contributed by atoms with Crippen LogP contribution in [0.3, 0.4) is 0 Å². The summed E-state index contributed by atoms with van der Waals surface area (Å²) in [4.78, 5) is 2.74. The van der Waals surface area contributed by atoms with Crippen LogP contribution in [0.2, 0.25) is 0 Å². The average Bonchev–Trinajstić information content (AvgIpc) is 3.12. The van der Waals surface area contributed by atoms with Gasteiger partial charge in [0, 0.05) is 18.0 Å². The Hall–Kier alpha value is -2.13. The maximum Gasteiger partial charge on any atom is 0.0924 e. The SMILES string of the molecule is c1ccc([C@H]2CCN(Cc3[nH]nc4ccccc34)[C@@H]3CCCC[C@H]23)cc1. The van der Waals surface area contributed by atoms with Gasteiger partial charge in [-0.1, -0.05) is 61.4 Å². The molecule has 2 aliphatic rings. The zero-order chi connectivity index (χ0) is 17.3. The van der Waals surface area contributed by atoms with Gasteiger partial charge in [0.2, 0.25) is 0 Å². The van der Waals surface area contributed by atoms with Gasteiger partial charge in [0.25, 0.3) is 0 Å². The first-order valence-electron chi connectivity index (χ1n) is 10.1. The third-order valence-electron chi connectivity index (χ3n) is 6.62. The van der Waals surface area contributed by atoms with Crippen LogP contribution in [0.4, 0.5) is 0 Å². The van der Waals surface area contributed by atoms with Crippen molar-refractivity contribution in [3.05, 3.63) is 65.9 Å². The standard InChI is InChI=1S/C23H27N3/c1-2-8-17(9-3-1)18-14-15-26(23-13-7-5-10-19(18)23)16-22-20-11-4-6-12-21(20)24-25-22/h1-4,6,8-9,11-12,18-19,23H,5,7,10,13-16H2,(H,24,25)/t18-,19-,23-/m1/s1. The molecule has 1 aliphatic heterocycles. The lowest BCUT2D eigenvalue weighted by Gasteiger charge is -2.48. The molecule has 1 N–H and O–H groups in total. The third-order valence-corrected chi connectivity index (χ3v) is 6.62. The molecule has 3 atom stereocenters. The molecule has 1 saturated heterocycles. The van der Waals surface area contributed by atoms with E-state index in [9.17, 15) is 0 Å². The van der Waals surface area contributed by atoms with Crippen molar-refractivity contribution in [2.75, 3.05) is 6.54 Å². The lowest BCUT2D eigenvalue weighted by Crippen LogP contribution is -2.49. The van der Waals surface area contributed by atoms with Crippen LogP contribution in [0, 0.1) is 5.92 Å². The first-order chi connectivity index (χ1) is 12.9. The minimum Gasteiger partial charge on any atom is -0.294 e. The molecule has 2 heterocycles.